The van der Waals surface area contributed by atoms with E-state index in [2.05, 4.69) is 4.98 Å². The zero-order valence-electron chi connectivity index (χ0n) is 10.9. The predicted molar refractivity (Wildman–Crippen MR) is 70.3 cm³/mol. The van der Waals surface area contributed by atoms with Crippen LogP contribution in [-0.4, -0.2) is 27.7 Å². The number of aryl methyl sites for hydroxylation is 1. The first kappa shape index (κ1) is 13.1. The molecule has 0 amide bonds. The van der Waals surface area contributed by atoms with Gasteiger partial charge in [-0.25, -0.2) is 4.98 Å². The zero-order valence-corrected chi connectivity index (χ0v) is 10.9. The van der Waals surface area contributed by atoms with E-state index in [1.165, 1.54) is 0 Å². The van der Waals surface area contributed by atoms with E-state index in [4.69, 9.17) is 4.74 Å². The van der Waals surface area contributed by atoms with E-state index >= 15 is 0 Å². The number of methoxy groups -OCH3 is 1. The summed E-state index contributed by atoms with van der Waals surface area (Å²) in [6.45, 7) is 0. The van der Waals surface area contributed by atoms with Gasteiger partial charge in [-0.15, -0.1) is 0 Å². The van der Waals surface area contributed by atoms with Crippen molar-refractivity contribution in [1.29, 1.82) is 0 Å². The van der Waals surface area contributed by atoms with Crippen LogP contribution in [0, 0.1) is 0 Å². The molecule has 1 atom stereocenters. The molecule has 2 rings (SSSR count). The molecule has 0 spiro atoms. The first-order chi connectivity index (χ1) is 9.13. The molecule has 1 aromatic heterocycles. The van der Waals surface area contributed by atoms with Crippen LogP contribution in [0.25, 0.3) is 0 Å². The van der Waals surface area contributed by atoms with Crippen LogP contribution in [-0.2, 0) is 18.3 Å². The number of ether oxygens (including phenoxy) is 1. The number of rotatable bonds is 5. The Morgan fingerprint density at radius 2 is 2.21 bits per heavy atom. The van der Waals surface area contributed by atoms with Crippen molar-refractivity contribution in [3.63, 3.8) is 0 Å². The molecular formula is C14H16N2O3. The van der Waals surface area contributed by atoms with Gasteiger partial charge in [0, 0.05) is 19.4 Å². The standard InChI is InChI=1S/C14H16N2O3/c1-16-8-7-15-13(16)11(14(17)18)9-10-5-3-4-6-12(10)19-2/h3-8,11H,9H2,1-2H3,(H,17,18). The summed E-state index contributed by atoms with van der Waals surface area (Å²) in [5.74, 6) is -0.335. The third-order valence-electron chi connectivity index (χ3n) is 3.08. The number of imidazole rings is 1. The molecule has 1 N–H and O–H groups in total. The van der Waals surface area contributed by atoms with Crippen LogP contribution in [0.2, 0.25) is 0 Å². The topological polar surface area (TPSA) is 64.3 Å². The van der Waals surface area contributed by atoms with E-state index in [1.54, 1.807) is 31.1 Å². The minimum Gasteiger partial charge on any atom is -0.496 e. The van der Waals surface area contributed by atoms with Gasteiger partial charge in [-0.3, -0.25) is 4.79 Å². The van der Waals surface area contributed by atoms with Crippen LogP contribution in [0.5, 0.6) is 5.75 Å². The summed E-state index contributed by atoms with van der Waals surface area (Å²) < 4.78 is 6.98. The lowest BCUT2D eigenvalue weighted by Gasteiger charge is -2.14. The summed E-state index contributed by atoms with van der Waals surface area (Å²) in [5, 5.41) is 9.40. The maximum atomic E-state index is 11.5. The molecule has 5 nitrogen and oxygen atoms in total. The highest BCUT2D eigenvalue weighted by Crippen LogP contribution is 2.25. The van der Waals surface area contributed by atoms with Crippen molar-refractivity contribution in [2.45, 2.75) is 12.3 Å². The number of nitrogens with zero attached hydrogens (tertiary/aromatic N) is 2. The van der Waals surface area contributed by atoms with Gasteiger partial charge in [-0.05, 0) is 18.1 Å². The number of hydrogen-bond donors (Lipinski definition) is 1. The molecule has 1 aromatic carbocycles. The van der Waals surface area contributed by atoms with Gasteiger partial charge < -0.3 is 14.4 Å². The molecule has 2 aromatic rings. The van der Waals surface area contributed by atoms with Crippen LogP contribution in [0.4, 0.5) is 0 Å². The number of benzene rings is 1. The van der Waals surface area contributed by atoms with Crippen LogP contribution in [0.3, 0.4) is 0 Å². The van der Waals surface area contributed by atoms with Gasteiger partial charge in [0.25, 0.3) is 0 Å². The zero-order chi connectivity index (χ0) is 13.8. The Balaban J connectivity index is 2.32. The highest BCUT2D eigenvalue weighted by Gasteiger charge is 2.25. The molecule has 1 heterocycles. The van der Waals surface area contributed by atoms with Gasteiger partial charge in [0.15, 0.2) is 0 Å². The minimum atomic E-state index is -0.889. The normalized spacial score (nSPS) is 12.1. The summed E-state index contributed by atoms with van der Waals surface area (Å²) in [7, 11) is 3.37. The van der Waals surface area contributed by atoms with E-state index in [9.17, 15) is 9.90 Å². The maximum Gasteiger partial charge on any atom is 0.314 e. The molecule has 0 saturated heterocycles. The Morgan fingerprint density at radius 1 is 1.47 bits per heavy atom. The van der Waals surface area contributed by atoms with E-state index in [0.717, 1.165) is 5.56 Å². The number of aromatic nitrogens is 2. The fourth-order valence-corrected chi connectivity index (χ4v) is 2.09. The fourth-order valence-electron chi connectivity index (χ4n) is 2.09. The monoisotopic (exact) mass is 260 g/mol. The van der Waals surface area contributed by atoms with Crippen LogP contribution < -0.4 is 4.74 Å². The Labute approximate surface area is 111 Å². The van der Waals surface area contributed by atoms with E-state index in [1.807, 2.05) is 24.3 Å². The fraction of sp³-hybridized carbons (Fsp3) is 0.286. The lowest BCUT2D eigenvalue weighted by Crippen LogP contribution is -2.18. The molecule has 1 unspecified atom stereocenters. The van der Waals surface area contributed by atoms with Gasteiger partial charge in [0.2, 0.25) is 0 Å². The molecular weight excluding hydrogens is 244 g/mol. The Morgan fingerprint density at radius 3 is 2.79 bits per heavy atom. The third kappa shape index (κ3) is 2.76. The number of aliphatic carboxylic acids is 1. The lowest BCUT2D eigenvalue weighted by atomic mass is 9.98. The van der Waals surface area contributed by atoms with Gasteiger partial charge >= 0.3 is 5.97 Å². The van der Waals surface area contributed by atoms with Crippen LogP contribution in [0.1, 0.15) is 17.3 Å². The molecule has 0 bridgehead atoms. The summed E-state index contributed by atoms with van der Waals surface area (Å²) in [6, 6.07) is 7.43. The highest BCUT2D eigenvalue weighted by molar-refractivity contribution is 5.75. The minimum absolute atomic E-state index is 0.351. The van der Waals surface area contributed by atoms with Crippen molar-refractivity contribution in [1.82, 2.24) is 9.55 Å². The SMILES string of the molecule is COc1ccccc1CC(C(=O)O)c1nccn1C. The molecule has 0 fully saturated rings. The van der Waals surface area contributed by atoms with E-state index in [0.29, 0.717) is 18.0 Å². The average Bonchev–Trinajstić information content (AvgIpc) is 2.82. The molecule has 100 valence electrons. The number of carbonyl (C=O) groups is 1. The van der Waals surface area contributed by atoms with Crippen LogP contribution >= 0.6 is 0 Å². The maximum absolute atomic E-state index is 11.5. The quantitative estimate of drug-likeness (QED) is 0.891. The molecule has 0 aliphatic carbocycles. The Kier molecular flexibility index (Phi) is 3.85. The van der Waals surface area contributed by atoms with Crippen molar-refractivity contribution >= 4 is 5.97 Å². The highest BCUT2D eigenvalue weighted by atomic mass is 16.5. The van der Waals surface area contributed by atoms with E-state index < -0.39 is 11.9 Å². The molecule has 19 heavy (non-hydrogen) atoms. The summed E-state index contributed by atoms with van der Waals surface area (Å²) >= 11 is 0. The summed E-state index contributed by atoms with van der Waals surface area (Å²) in [6.07, 6.45) is 3.70. The van der Waals surface area contributed by atoms with Crippen molar-refractivity contribution in [2.75, 3.05) is 7.11 Å². The molecule has 0 radical (unpaired) electrons. The van der Waals surface area contributed by atoms with Crippen molar-refractivity contribution in [3.05, 3.63) is 48.0 Å². The smallest absolute Gasteiger partial charge is 0.314 e. The second-order valence-electron chi connectivity index (χ2n) is 4.30. The first-order valence-electron chi connectivity index (χ1n) is 5.95. The number of para-hydroxylation sites is 1. The molecule has 0 aliphatic heterocycles. The predicted octanol–water partition coefficient (Wildman–Crippen LogP) is 1.84. The van der Waals surface area contributed by atoms with Gasteiger partial charge in [0.05, 0.1) is 7.11 Å². The second kappa shape index (κ2) is 5.56. The Bertz CT molecular complexity index is 578. The summed E-state index contributed by atoms with van der Waals surface area (Å²) in [4.78, 5) is 15.6. The molecule has 5 heteroatoms. The largest absolute Gasteiger partial charge is 0.496 e. The molecule has 0 saturated carbocycles. The average molecular weight is 260 g/mol. The molecule has 0 aliphatic rings. The third-order valence-corrected chi connectivity index (χ3v) is 3.08. The first-order valence-corrected chi connectivity index (χ1v) is 5.95. The van der Waals surface area contributed by atoms with Gasteiger partial charge in [-0.1, -0.05) is 18.2 Å². The van der Waals surface area contributed by atoms with Crippen molar-refractivity contribution < 1.29 is 14.6 Å². The number of carboxylic acids is 1. The second-order valence-corrected chi connectivity index (χ2v) is 4.30. The lowest BCUT2D eigenvalue weighted by molar-refractivity contribution is -0.139. The van der Waals surface area contributed by atoms with Crippen LogP contribution in [0.15, 0.2) is 36.7 Å². The van der Waals surface area contributed by atoms with Crippen molar-refractivity contribution in [3.8, 4) is 5.75 Å². The summed E-state index contributed by atoms with van der Waals surface area (Å²) in [5.41, 5.74) is 0.861. The van der Waals surface area contributed by atoms with Crippen molar-refractivity contribution in [2.24, 2.45) is 7.05 Å². The van der Waals surface area contributed by atoms with Gasteiger partial charge in [-0.2, -0.15) is 0 Å². The van der Waals surface area contributed by atoms with E-state index in [-0.39, 0.29) is 0 Å². The Hall–Kier alpha value is -2.30. The van der Waals surface area contributed by atoms with Gasteiger partial charge in [0.1, 0.15) is 17.5 Å². The number of hydrogen-bond acceptors (Lipinski definition) is 3. The number of carboxylic acid groups (broad SMARTS) is 1.